The molecule has 0 bridgehead atoms. The summed E-state index contributed by atoms with van der Waals surface area (Å²) in [4.78, 5) is 6.77. The first kappa shape index (κ1) is 20.7. The summed E-state index contributed by atoms with van der Waals surface area (Å²) in [5, 5.41) is 8.97. The summed E-state index contributed by atoms with van der Waals surface area (Å²) in [6.45, 7) is 0. The predicted octanol–water partition coefficient (Wildman–Crippen LogP) is 5.74. The van der Waals surface area contributed by atoms with Gasteiger partial charge in [0.25, 0.3) is 0 Å². The van der Waals surface area contributed by atoms with Crippen molar-refractivity contribution < 1.29 is 4.74 Å². The molecule has 166 valence electrons. The molecule has 2 aromatic rings. The van der Waals surface area contributed by atoms with Gasteiger partial charge in [0.2, 0.25) is 0 Å². The molecule has 4 unspecified atom stereocenters. The van der Waals surface area contributed by atoms with Crippen molar-refractivity contribution in [1.82, 2.24) is 9.88 Å². The van der Waals surface area contributed by atoms with Crippen LogP contribution < -0.4 is 0 Å². The molecule has 1 saturated heterocycles. The highest BCUT2D eigenvalue weighted by Gasteiger charge is 2.41. The first-order chi connectivity index (χ1) is 16.8. The van der Waals surface area contributed by atoms with Gasteiger partial charge in [-0.2, -0.15) is 5.26 Å². The summed E-state index contributed by atoms with van der Waals surface area (Å²) in [5.74, 6) is 0. The first-order valence-corrected chi connectivity index (χ1v) is 11.8. The number of hydrogen-bond acceptors (Lipinski definition) is 4. The van der Waals surface area contributed by atoms with E-state index in [2.05, 4.69) is 101 Å². The monoisotopic (exact) mass is 443 g/mol. The Morgan fingerprint density at radius 2 is 1.47 bits per heavy atom. The van der Waals surface area contributed by atoms with Crippen molar-refractivity contribution in [2.24, 2.45) is 0 Å². The molecule has 3 aliphatic carbocycles. The number of morpholine rings is 1. The van der Waals surface area contributed by atoms with Gasteiger partial charge in [0.15, 0.2) is 0 Å². The first-order valence-electron chi connectivity index (χ1n) is 11.8. The number of nitrogens with zero attached hydrogens (tertiary/aromatic N) is 3. The molecule has 1 fully saturated rings. The largest absolute Gasteiger partial charge is 0.362 e. The molecule has 4 aliphatic rings. The van der Waals surface area contributed by atoms with Crippen molar-refractivity contribution >= 4 is 5.57 Å². The Morgan fingerprint density at radius 3 is 2.12 bits per heavy atom. The Morgan fingerprint density at radius 1 is 0.824 bits per heavy atom. The highest BCUT2D eigenvalue weighted by atomic mass is 16.5. The fourth-order valence-electron chi connectivity index (χ4n) is 5.24. The molecular weight excluding hydrogens is 418 g/mol. The Kier molecular flexibility index (Phi) is 5.33. The van der Waals surface area contributed by atoms with Crippen molar-refractivity contribution in [3.8, 4) is 17.2 Å². The molecule has 4 atom stereocenters. The minimum Gasteiger partial charge on any atom is -0.362 e. The second-order valence-corrected chi connectivity index (χ2v) is 8.95. The van der Waals surface area contributed by atoms with Crippen LogP contribution in [0.25, 0.3) is 16.7 Å². The second kappa shape index (κ2) is 8.78. The molecule has 0 radical (unpaired) electrons. The van der Waals surface area contributed by atoms with Crippen LogP contribution in [0.2, 0.25) is 0 Å². The molecule has 6 rings (SSSR count). The average molecular weight is 444 g/mol. The summed E-state index contributed by atoms with van der Waals surface area (Å²) in [7, 11) is 0. The van der Waals surface area contributed by atoms with E-state index in [0.29, 0.717) is 5.69 Å². The van der Waals surface area contributed by atoms with E-state index in [-0.39, 0.29) is 24.3 Å². The zero-order valence-corrected chi connectivity index (χ0v) is 18.8. The number of fused-ring (bicyclic) bond motifs is 2. The van der Waals surface area contributed by atoms with E-state index in [1.807, 2.05) is 6.07 Å². The molecule has 1 aliphatic heterocycles. The standard InChI is InChI=1S/C30H25N3O/c31-19-25-17-16-24(20-32-25)22-14-12-21(13-15-22)23-6-5-7-26(18-23)33-27-8-1-3-10-29(27)34-30-11-4-2-9-28(30)33/h1-4,6,8-18,20,27-30H,5,7H2. The van der Waals surface area contributed by atoms with Gasteiger partial charge >= 0.3 is 0 Å². The van der Waals surface area contributed by atoms with Crippen LogP contribution in [0.1, 0.15) is 24.1 Å². The molecule has 1 aromatic carbocycles. The van der Waals surface area contributed by atoms with Gasteiger partial charge in [-0.05, 0) is 47.8 Å². The van der Waals surface area contributed by atoms with E-state index < -0.39 is 0 Å². The van der Waals surface area contributed by atoms with E-state index in [1.165, 1.54) is 16.8 Å². The third kappa shape index (κ3) is 3.75. The van der Waals surface area contributed by atoms with Gasteiger partial charge < -0.3 is 9.64 Å². The average Bonchev–Trinajstić information content (AvgIpc) is 2.92. The lowest BCUT2D eigenvalue weighted by Gasteiger charge is -2.50. The van der Waals surface area contributed by atoms with E-state index in [9.17, 15) is 0 Å². The maximum absolute atomic E-state index is 8.97. The molecule has 34 heavy (non-hydrogen) atoms. The fraction of sp³-hybridized carbons (Fsp3) is 0.200. The smallest absolute Gasteiger partial charge is 0.140 e. The SMILES string of the molecule is N#Cc1ccc(-c2ccc(C3=CCCC(N4C5C=CC=CC5OC5C=CC=CC54)=C3)cc2)cn1. The lowest BCUT2D eigenvalue weighted by atomic mass is 9.89. The van der Waals surface area contributed by atoms with Crippen LogP contribution in [-0.2, 0) is 4.74 Å². The summed E-state index contributed by atoms with van der Waals surface area (Å²) >= 11 is 0. The Balaban J connectivity index is 1.29. The summed E-state index contributed by atoms with van der Waals surface area (Å²) in [6, 6.07) is 14.8. The maximum atomic E-state index is 8.97. The number of nitriles is 1. The van der Waals surface area contributed by atoms with Crippen LogP contribution in [0.4, 0.5) is 0 Å². The number of pyridine rings is 1. The van der Waals surface area contributed by atoms with Crippen LogP contribution >= 0.6 is 0 Å². The number of hydrogen-bond donors (Lipinski definition) is 0. The Hall–Kier alpha value is -3.94. The topological polar surface area (TPSA) is 49.2 Å². The van der Waals surface area contributed by atoms with Gasteiger partial charge in [0.05, 0.1) is 12.1 Å². The molecule has 0 N–H and O–H groups in total. The number of benzene rings is 1. The Bertz CT molecular complexity index is 1270. The minimum absolute atomic E-state index is 0.0676. The molecule has 1 aromatic heterocycles. The third-order valence-electron chi connectivity index (χ3n) is 6.92. The molecule has 0 amide bonds. The second-order valence-electron chi connectivity index (χ2n) is 8.95. The van der Waals surface area contributed by atoms with Gasteiger partial charge in [0.1, 0.15) is 24.0 Å². The minimum atomic E-state index is 0.0676. The zero-order chi connectivity index (χ0) is 22.9. The van der Waals surface area contributed by atoms with Gasteiger partial charge in [-0.3, -0.25) is 0 Å². The molecule has 4 nitrogen and oxygen atoms in total. The molecular formula is C30H25N3O. The quantitative estimate of drug-likeness (QED) is 0.607. The Labute approximate surface area is 200 Å². The lowest BCUT2D eigenvalue weighted by molar-refractivity contribution is -0.0782. The third-order valence-corrected chi connectivity index (χ3v) is 6.92. The van der Waals surface area contributed by atoms with Gasteiger partial charge in [-0.15, -0.1) is 0 Å². The van der Waals surface area contributed by atoms with Crippen molar-refractivity contribution in [1.29, 1.82) is 5.26 Å². The number of allylic oxidation sites excluding steroid dienone is 8. The van der Waals surface area contributed by atoms with Gasteiger partial charge in [0, 0.05) is 17.5 Å². The van der Waals surface area contributed by atoms with Crippen LogP contribution in [0, 0.1) is 11.3 Å². The lowest BCUT2D eigenvalue weighted by Crippen LogP contribution is -2.58. The van der Waals surface area contributed by atoms with Crippen LogP contribution in [0.3, 0.4) is 0 Å². The van der Waals surface area contributed by atoms with E-state index >= 15 is 0 Å². The van der Waals surface area contributed by atoms with E-state index in [0.717, 1.165) is 24.0 Å². The number of ether oxygens (including phenoxy) is 1. The van der Waals surface area contributed by atoms with Crippen molar-refractivity contribution in [3.63, 3.8) is 0 Å². The van der Waals surface area contributed by atoms with Crippen LogP contribution in [0.15, 0.2) is 109 Å². The van der Waals surface area contributed by atoms with E-state index in [1.54, 1.807) is 12.3 Å². The maximum Gasteiger partial charge on any atom is 0.140 e. The summed E-state index contributed by atoms with van der Waals surface area (Å²) in [5.41, 5.74) is 6.38. The molecule has 4 heteroatoms. The highest BCUT2D eigenvalue weighted by molar-refractivity contribution is 5.77. The van der Waals surface area contributed by atoms with Crippen molar-refractivity contribution in [3.05, 3.63) is 120 Å². The summed E-state index contributed by atoms with van der Waals surface area (Å²) < 4.78 is 6.41. The fourth-order valence-corrected chi connectivity index (χ4v) is 5.24. The number of aromatic nitrogens is 1. The van der Waals surface area contributed by atoms with Crippen LogP contribution in [-0.4, -0.2) is 34.2 Å². The van der Waals surface area contributed by atoms with Gasteiger partial charge in [-0.1, -0.05) is 78.9 Å². The molecule has 0 saturated carbocycles. The van der Waals surface area contributed by atoms with Gasteiger partial charge in [-0.25, -0.2) is 4.98 Å². The normalized spacial score (nSPS) is 26.9. The number of rotatable bonds is 3. The van der Waals surface area contributed by atoms with Crippen molar-refractivity contribution in [2.45, 2.75) is 37.1 Å². The highest BCUT2D eigenvalue weighted by Crippen LogP contribution is 2.38. The van der Waals surface area contributed by atoms with Crippen LogP contribution in [0.5, 0.6) is 0 Å². The molecule has 0 spiro atoms. The molecule has 2 heterocycles. The zero-order valence-electron chi connectivity index (χ0n) is 18.8. The predicted molar refractivity (Wildman–Crippen MR) is 134 cm³/mol. The summed E-state index contributed by atoms with van der Waals surface area (Å²) in [6.07, 6.45) is 26.0. The van der Waals surface area contributed by atoms with E-state index in [4.69, 9.17) is 10.00 Å². The van der Waals surface area contributed by atoms with Crippen molar-refractivity contribution in [2.75, 3.05) is 0 Å².